The third-order valence-electron chi connectivity index (χ3n) is 3.05. The summed E-state index contributed by atoms with van der Waals surface area (Å²) < 4.78 is 28.6. The minimum atomic E-state index is -3.27. The van der Waals surface area contributed by atoms with Crippen molar-refractivity contribution >= 4 is 15.8 Å². The summed E-state index contributed by atoms with van der Waals surface area (Å²) in [7, 11) is -2.01. The number of ether oxygens (including phenoxy) is 1. The van der Waals surface area contributed by atoms with Crippen LogP contribution in [0.5, 0.6) is 0 Å². The van der Waals surface area contributed by atoms with Crippen LogP contribution in [0, 0.1) is 0 Å². The average Bonchev–Trinajstić information content (AvgIpc) is 2.36. The van der Waals surface area contributed by atoms with E-state index in [9.17, 15) is 13.2 Å². The molecule has 108 valence electrons. The summed E-state index contributed by atoms with van der Waals surface area (Å²) >= 11 is 0. The Balaban J connectivity index is 4.51. The van der Waals surface area contributed by atoms with E-state index in [-0.39, 0.29) is 18.2 Å². The van der Waals surface area contributed by atoms with Gasteiger partial charge in [0.05, 0.1) is 24.5 Å². The summed E-state index contributed by atoms with van der Waals surface area (Å²) in [5.41, 5.74) is 0. The van der Waals surface area contributed by atoms with E-state index in [1.54, 1.807) is 6.92 Å². The van der Waals surface area contributed by atoms with Crippen molar-refractivity contribution in [3.8, 4) is 0 Å². The fourth-order valence-corrected chi connectivity index (χ4v) is 3.35. The summed E-state index contributed by atoms with van der Waals surface area (Å²) in [4.78, 5) is 11.0. The molecule has 0 saturated carbocycles. The van der Waals surface area contributed by atoms with Crippen LogP contribution in [0.15, 0.2) is 0 Å². The topological polar surface area (TPSA) is 72.5 Å². The molecular formula is C12H25NO4S. The van der Waals surface area contributed by atoms with Crippen LogP contribution < -0.4 is 5.32 Å². The van der Waals surface area contributed by atoms with Crippen molar-refractivity contribution in [3.05, 3.63) is 0 Å². The first-order chi connectivity index (χ1) is 8.38. The van der Waals surface area contributed by atoms with Crippen LogP contribution in [-0.2, 0) is 19.4 Å². The van der Waals surface area contributed by atoms with Gasteiger partial charge in [0, 0.05) is 6.04 Å². The smallest absolute Gasteiger partial charge is 0.306 e. The lowest BCUT2D eigenvalue weighted by Gasteiger charge is -2.23. The zero-order valence-corrected chi connectivity index (χ0v) is 12.5. The van der Waals surface area contributed by atoms with Crippen LogP contribution in [0.4, 0.5) is 0 Å². The summed E-state index contributed by atoms with van der Waals surface area (Å²) in [6.45, 7) is 6.49. The van der Waals surface area contributed by atoms with Gasteiger partial charge in [0.25, 0.3) is 0 Å². The van der Waals surface area contributed by atoms with Crippen LogP contribution in [-0.4, -0.2) is 45.1 Å². The Morgan fingerprint density at radius 3 is 2.39 bits per heavy atom. The number of esters is 1. The first-order valence-electron chi connectivity index (χ1n) is 6.40. The average molecular weight is 279 g/mol. The Morgan fingerprint density at radius 2 is 1.94 bits per heavy atom. The molecule has 2 unspecified atom stereocenters. The summed E-state index contributed by atoms with van der Waals surface area (Å²) in [6, 6.07) is -0.0624. The molecule has 0 fully saturated rings. The highest BCUT2D eigenvalue weighted by atomic mass is 32.2. The molecule has 6 heteroatoms. The number of methoxy groups -OCH3 is 1. The molecule has 18 heavy (non-hydrogen) atoms. The molecule has 0 aliphatic rings. The van der Waals surface area contributed by atoms with E-state index in [2.05, 4.69) is 10.1 Å². The van der Waals surface area contributed by atoms with E-state index in [1.165, 1.54) is 7.11 Å². The van der Waals surface area contributed by atoms with Gasteiger partial charge in [-0.15, -0.1) is 0 Å². The first-order valence-corrected chi connectivity index (χ1v) is 8.12. The largest absolute Gasteiger partial charge is 0.469 e. The van der Waals surface area contributed by atoms with Gasteiger partial charge in [-0.1, -0.05) is 13.8 Å². The van der Waals surface area contributed by atoms with Gasteiger partial charge >= 0.3 is 5.97 Å². The number of carbonyl (C=O) groups excluding carboxylic acids is 1. The summed E-state index contributed by atoms with van der Waals surface area (Å²) in [5.74, 6) is -0.633. The molecule has 0 aliphatic heterocycles. The number of hydrogen-bond donors (Lipinski definition) is 1. The number of nitrogens with one attached hydrogen (secondary N) is 1. The lowest BCUT2D eigenvalue weighted by Crippen LogP contribution is -2.43. The Bertz CT molecular complexity index is 340. The van der Waals surface area contributed by atoms with Gasteiger partial charge in [-0.05, 0) is 26.3 Å². The fourth-order valence-electron chi connectivity index (χ4n) is 1.74. The third kappa shape index (κ3) is 5.82. The van der Waals surface area contributed by atoms with Crippen molar-refractivity contribution in [3.63, 3.8) is 0 Å². The van der Waals surface area contributed by atoms with Gasteiger partial charge in [0.15, 0.2) is 9.84 Å². The second-order valence-electron chi connectivity index (χ2n) is 4.37. The van der Waals surface area contributed by atoms with Crippen molar-refractivity contribution in [1.82, 2.24) is 5.32 Å². The quantitative estimate of drug-likeness (QED) is 0.641. The Kier molecular flexibility index (Phi) is 8.18. The van der Waals surface area contributed by atoms with E-state index in [1.807, 2.05) is 13.8 Å². The normalized spacial score (nSPS) is 15.1. The molecule has 1 N–H and O–H groups in total. The standard InChI is InChI=1S/C12H25NO4S/c1-5-8-13-11(6-2)10(3)18(15,16)9-7-12(14)17-4/h10-11,13H,5-9H2,1-4H3. The molecular weight excluding hydrogens is 254 g/mol. The third-order valence-corrected chi connectivity index (χ3v) is 5.28. The second-order valence-corrected chi connectivity index (χ2v) is 6.84. The van der Waals surface area contributed by atoms with Gasteiger partial charge < -0.3 is 10.1 Å². The van der Waals surface area contributed by atoms with Crippen LogP contribution in [0.3, 0.4) is 0 Å². The van der Waals surface area contributed by atoms with Crippen LogP contribution >= 0.6 is 0 Å². The lowest BCUT2D eigenvalue weighted by molar-refractivity contribution is -0.140. The van der Waals surface area contributed by atoms with Crippen molar-refractivity contribution in [2.75, 3.05) is 19.4 Å². The van der Waals surface area contributed by atoms with Crippen molar-refractivity contribution in [2.45, 2.75) is 51.3 Å². The Morgan fingerprint density at radius 1 is 1.33 bits per heavy atom. The van der Waals surface area contributed by atoms with Gasteiger partial charge in [-0.25, -0.2) is 8.42 Å². The van der Waals surface area contributed by atoms with Crippen molar-refractivity contribution in [2.24, 2.45) is 0 Å². The number of carbonyl (C=O) groups is 1. The maximum Gasteiger partial charge on any atom is 0.306 e. The number of hydrogen-bond acceptors (Lipinski definition) is 5. The molecule has 0 saturated heterocycles. The van der Waals surface area contributed by atoms with Gasteiger partial charge in [0.2, 0.25) is 0 Å². The van der Waals surface area contributed by atoms with Gasteiger partial charge in [-0.2, -0.15) is 0 Å². The molecule has 2 atom stereocenters. The number of rotatable bonds is 9. The lowest BCUT2D eigenvalue weighted by atomic mass is 10.1. The second kappa shape index (κ2) is 8.48. The minimum Gasteiger partial charge on any atom is -0.469 e. The van der Waals surface area contributed by atoms with Crippen LogP contribution in [0.2, 0.25) is 0 Å². The highest BCUT2D eigenvalue weighted by molar-refractivity contribution is 7.92. The predicted octanol–water partition coefficient (Wildman–Crippen LogP) is 1.13. The molecule has 0 radical (unpaired) electrons. The molecule has 0 aliphatic carbocycles. The Hall–Kier alpha value is -0.620. The minimum absolute atomic E-state index is 0.0624. The molecule has 0 amide bonds. The van der Waals surface area contributed by atoms with E-state index in [0.717, 1.165) is 19.4 Å². The van der Waals surface area contributed by atoms with E-state index in [4.69, 9.17) is 0 Å². The SMILES string of the molecule is CCCNC(CC)C(C)S(=O)(=O)CCC(=O)OC. The van der Waals surface area contributed by atoms with E-state index in [0.29, 0.717) is 0 Å². The van der Waals surface area contributed by atoms with E-state index >= 15 is 0 Å². The first kappa shape index (κ1) is 17.4. The molecule has 0 aromatic carbocycles. The fraction of sp³-hybridized carbons (Fsp3) is 0.917. The van der Waals surface area contributed by atoms with Gasteiger partial charge in [0.1, 0.15) is 0 Å². The summed E-state index contributed by atoms with van der Waals surface area (Å²) in [5, 5.41) is 2.74. The molecule has 0 spiro atoms. The summed E-state index contributed by atoms with van der Waals surface area (Å²) in [6.07, 6.45) is 1.64. The molecule has 0 heterocycles. The van der Waals surface area contributed by atoms with Gasteiger partial charge in [-0.3, -0.25) is 4.79 Å². The van der Waals surface area contributed by atoms with Crippen molar-refractivity contribution < 1.29 is 17.9 Å². The van der Waals surface area contributed by atoms with E-state index < -0.39 is 21.1 Å². The zero-order chi connectivity index (χ0) is 14.2. The predicted molar refractivity (Wildman–Crippen MR) is 72.3 cm³/mol. The maximum atomic E-state index is 12.1. The van der Waals surface area contributed by atoms with Crippen LogP contribution in [0.25, 0.3) is 0 Å². The monoisotopic (exact) mass is 279 g/mol. The molecule has 0 rings (SSSR count). The Labute approximate surface area is 110 Å². The van der Waals surface area contributed by atoms with Crippen LogP contribution in [0.1, 0.15) is 40.0 Å². The van der Waals surface area contributed by atoms with Crippen molar-refractivity contribution in [1.29, 1.82) is 0 Å². The molecule has 5 nitrogen and oxygen atoms in total. The molecule has 0 aromatic heterocycles. The maximum absolute atomic E-state index is 12.1. The highest BCUT2D eigenvalue weighted by Crippen LogP contribution is 2.12. The number of sulfone groups is 1. The molecule has 0 bridgehead atoms. The molecule has 0 aromatic rings. The zero-order valence-electron chi connectivity index (χ0n) is 11.7. The highest BCUT2D eigenvalue weighted by Gasteiger charge is 2.28.